The van der Waals surface area contributed by atoms with E-state index < -0.39 is 0 Å². The molecule has 3 aromatic rings. The van der Waals surface area contributed by atoms with Gasteiger partial charge in [-0.25, -0.2) is 0 Å². The van der Waals surface area contributed by atoms with Crippen LogP contribution in [0.1, 0.15) is 54.9 Å². The normalized spacial score (nSPS) is 17.9. The van der Waals surface area contributed by atoms with E-state index >= 15 is 0 Å². The van der Waals surface area contributed by atoms with E-state index in [-0.39, 0.29) is 5.91 Å². The van der Waals surface area contributed by atoms with Gasteiger partial charge in [0.2, 0.25) is 0 Å². The van der Waals surface area contributed by atoms with Gasteiger partial charge in [0, 0.05) is 24.1 Å². The molecule has 1 saturated carbocycles. The van der Waals surface area contributed by atoms with Crippen LogP contribution in [0.3, 0.4) is 0 Å². The van der Waals surface area contributed by atoms with E-state index in [9.17, 15) is 4.79 Å². The first-order valence-electron chi connectivity index (χ1n) is 10.3. The lowest BCUT2D eigenvalue weighted by Gasteiger charge is -2.27. The van der Waals surface area contributed by atoms with Crippen molar-refractivity contribution in [3.8, 4) is 11.5 Å². The van der Waals surface area contributed by atoms with Crippen LogP contribution in [0.5, 0.6) is 0 Å². The van der Waals surface area contributed by atoms with Crippen molar-refractivity contribution < 1.29 is 9.32 Å². The number of nitrogens with one attached hydrogen (secondary N) is 1. The van der Waals surface area contributed by atoms with Crippen LogP contribution in [-0.4, -0.2) is 22.6 Å². The van der Waals surface area contributed by atoms with Crippen LogP contribution in [0, 0.1) is 11.3 Å². The first-order chi connectivity index (χ1) is 14.0. The summed E-state index contributed by atoms with van der Waals surface area (Å²) < 4.78 is 5.40. The van der Waals surface area contributed by atoms with Crippen molar-refractivity contribution >= 4 is 5.91 Å². The third-order valence-electron chi connectivity index (χ3n) is 6.06. The predicted octanol–water partition coefficient (Wildman–Crippen LogP) is 4.88. The maximum absolute atomic E-state index is 12.5. The van der Waals surface area contributed by atoms with Gasteiger partial charge in [0.25, 0.3) is 11.8 Å². The Morgan fingerprint density at radius 2 is 1.90 bits per heavy atom. The Balaban J connectivity index is 1.37. The number of nitrogens with zero attached hydrogens (tertiary/aromatic N) is 2. The lowest BCUT2D eigenvalue weighted by Crippen LogP contribution is -2.33. The Morgan fingerprint density at radius 1 is 1.14 bits per heavy atom. The zero-order valence-corrected chi connectivity index (χ0v) is 17.0. The molecule has 0 bridgehead atoms. The van der Waals surface area contributed by atoms with Gasteiger partial charge in [0.05, 0.1) is 0 Å². The number of rotatable bonds is 6. The summed E-state index contributed by atoms with van der Waals surface area (Å²) >= 11 is 0. The van der Waals surface area contributed by atoms with Crippen molar-refractivity contribution in [1.29, 1.82) is 0 Å². The molecule has 1 atom stereocenters. The van der Waals surface area contributed by atoms with Crippen LogP contribution in [0.15, 0.2) is 59.1 Å². The molecule has 1 heterocycles. The summed E-state index contributed by atoms with van der Waals surface area (Å²) in [5.74, 6) is 1.63. The fourth-order valence-electron chi connectivity index (χ4n) is 4.08. The van der Waals surface area contributed by atoms with E-state index in [0.717, 1.165) is 17.7 Å². The standard InChI is InChI=1S/C24H27N3O2/c1-24(2)14-6-9-20(24)16-25-22(28)18-10-12-19(13-11-18)23-26-21(27-29-23)15-17-7-4-3-5-8-17/h3-5,7-8,10-13,20H,6,9,14-16H2,1-2H3,(H,25,28). The summed E-state index contributed by atoms with van der Waals surface area (Å²) in [7, 11) is 0. The number of aromatic nitrogens is 2. The van der Waals surface area contributed by atoms with E-state index in [2.05, 4.69) is 29.3 Å². The molecule has 5 heteroatoms. The molecule has 0 radical (unpaired) electrons. The van der Waals surface area contributed by atoms with Gasteiger partial charge in [-0.2, -0.15) is 4.98 Å². The second-order valence-corrected chi connectivity index (χ2v) is 8.54. The van der Waals surface area contributed by atoms with Gasteiger partial charge >= 0.3 is 0 Å². The highest BCUT2D eigenvalue weighted by Crippen LogP contribution is 2.42. The Morgan fingerprint density at radius 3 is 2.59 bits per heavy atom. The molecule has 0 saturated heterocycles. The molecule has 1 unspecified atom stereocenters. The van der Waals surface area contributed by atoms with Crippen LogP contribution in [0.4, 0.5) is 0 Å². The molecular formula is C24H27N3O2. The average Bonchev–Trinajstić information content (AvgIpc) is 3.33. The van der Waals surface area contributed by atoms with Crippen LogP contribution >= 0.6 is 0 Å². The summed E-state index contributed by atoms with van der Waals surface area (Å²) in [5.41, 5.74) is 2.91. The Hall–Kier alpha value is -2.95. The first kappa shape index (κ1) is 19.4. The minimum absolute atomic E-state index is 0.0328. The maximum atomic E-state index is 12.5. The van der Waals surface area contributed by atoms with E-state index in [1.807, 2.05) is 54.6 Å². The van der Waals surface area contributed by atoms with Gasteiger partial charge in [-0.05, 0) is 54.0 Å². The topological polar surface area (TPSA) is 68.0 Å². The summed E-state index contributed by atoms with van der Waals surface area (Å²) in [6, 6.07) is 17.4. The number of hydrogen-bond acceptors (Lipinski definition) is 4. The second kappa shape index (κ2) is 8.19. The highest BCUT2D eigenvalue weighted by Gasteiger charge is 2.34. The molecule has 1 N–H and O–H groups in total. The molecule has 2 aromatic carbocycles. The Labute approximate surface area is 171 Å². The molecular weight excluding hydrogens is 362 g/mol. The van der Waals surface area contributed by atoms with Crippen molar-refractivity contribution in [3.05, 3.63) is 71.5 Å². The maximum Gasteiger partial charge on any atom is 0.257 e. The molecule has 1 aliphatic carbocycles. The molecule has 150 valence electrons. The molecule has 1 amide bonds. The lowest BCUT2D eigenvalue weighted by atomic mass is 9.82. The van der Waals surface area contributed by atoms with E-state index in [4.69, 9.17) is 4.52 Å². The highest BCUT2D eigenvalue weighted by atomic mass is 16.5. The van der Waals surface area contributed by atoms with Crippen molar-refractivity contribution in [2.45, 2.75) is 39.5 Å². The van der Waals surface area contributed by atoms with Crippen molar-refractivity contribution in [2.75, 3.05) is 6.54 Å². The minimum atomic E-state index is -0.0328. The number of carbonyl (C=O) groups is 1. The zero-order chi connectivity index (χ0) is 20.3. The van der Waals surface area contributed by atoms with E-state index in [1.54, 1.807) is 0 Å². The number of hydrogen-bond donors (Lipinski definition) is 1. The Kier molecular flexibility index (Phi) is 5.47. The van der Waals surface area contributed by atoms with Crippen molar-refractivity contribution in [2.24, 2.45) is 11.3 Å². The van der Waals surface area contributed by atoms with Crippen LogP contribution in [0.25, 0.3) is 11.5 Å². The summed E-state index contributed by atoms with van der Waals surface area (Å²) in [5, 5.41) is 7.16. The Bertz CT molecular complexity index is 961. The minimum Gasteiger partial charge on any atom is -0.352 e. The van der Waals surface area contributed by atoms with Gasteiger partial charge in [-0.15, -0.1) is 0 Å². The first-order valence-corrected chi connectivity index (χ1v) is 10.3. The van der Waals surface area contributed by atoms with Gasteiger partial charge in [0.15, 0.2) is 5.82 Å². The molecule has 1 fully saturated rings. The molecule has 0 spiro atoms. The molecule has 29 heavy (non-hydrogen) atoms. The van der Waals surface area contributed by atoms with Gasteiger partial charge in [-0.3, -0.25) is 4.79 Å². The zero-order valence-electron chi connectivity index (χ0n) is 17.0. The van der Waals surface area contributed by atoms with Gasteiger partial charge in [-0.1, -0.05) is 55.8 Å². The number of benzene rings is 2. The molecule has 4 rings (SSSR count). The quantitative estimate of drug-likeness (QED) is 0.652. The average molecular weight is 389 g/mol. The lowest BCUT2D eigenvalue weighted by molar-refractivity contribution is 0.0937. The fourth-order valence-corrected chi connectivity index (χ4v) is 4.08. The van der Waals surface area contributed by atoms with Crippen molar-refractivity contribution in [1.82, 2.24) is 15.5 Å². The molecule has 1 aliphatic rings. The van der Waals surface area contributed by atoms with Gasteiger partial charge in [0.1, 0.15) is 0 Å². The fraction of sp³-hybridized carbons (Fsp3) is 0.375. The summed E-state index contributed by atoms with van der Waals surface area (Å²) in [6.45, 7) is 5.32. The third-order valence-corrected chi connectivity index (χ3v) is 6.06. The number of amides is 1. The third kappa shape index (κ3) is 4.56. The van der Waals surface area contributed by atoms with Gasteiger partial charge < -0.3 is 9.84 Å². The SMILES string of the molecule is CC1(C)CCCC1CNC(=O)c1ccc(-c2nc(Cc3ccccc3)no2)cc1. The van der Waals surface area contributed by atoms with Crippen molar-refractivity contribution in [3.63, 3.8) is 0 Å². The van der Waals surface area contributed by atoms with E-state index in [0.29, 0.717) is 35.0 Å². The smallest absolute Gasteiger partial charge is 0.257 e. The van der Waals surface area contributed by atoms with Crippen LogP contribution in [0.2, 0.25) is 0 Å². The van der Waals surface area contributed by atoms with E-state index in [1.165, 1.54) is 19.3 Å². The summed E-state index contributed by atoms with van der Waals surface area (Å²) in [4.78, 5) is 17.0. The summed E-state index contributed by atoms with van der Waals surface area (Å²) in [6.07, 6.45) is 4.30. The molecule has 0 aliphatic heterocycles. The molecule has 5 nitrogen and oxygen atoms in total. The van der Waals surface area contributed by atoms with Crippen LogP contribution in [-0.2, 0) is 6.42 Å². The predicted molar refractivity (Wildman–Crippen MR) is 112 cm³/mol. The largest absolute Gasteiger partial charge is 0.352 e. The highest BCUT2D eigenvalue weighted by molar-refractivity contribution is 5.94. The monoisotopic (exact) mass is 389 g/mol. The number of carbonyl (C=O) groups excluding carboxylic acids is 1. The van der Waals surface area contributed by atoms with Crippen LogP contribution < -0.4 is 5.32 Å². The molecule has 1 aromatic heterocycles. The second-order valence-electron chi connectivity index (χ2n) is 8.54.